The van der Waals surface area contributed by atoms with Crippen LogP contribution in [0.5, 0.6) is 5.75 Å². The van der Waals surface area contributed by atoms with Crippen LogP contribution in [0.3, 0.4) is 0 Å². The number of hydrogen-bond acceptors (Lipinski definition) is 6. The first kappa shape index (κ1) is 29.0. The molecule has 1 unspecified atom stereocenters. The van der Waals surface area contributed by atoms with Crippen molar-refractivity contribution in [2.24, 2.45) is 5.73 Å². The van der Waals surface area contributed by atoms with Crippen LogP contribution in [0.4, 0.5) is 0 Å². The molecule has 8 nitrogen and oxygen atoms in total. The first-order chi connectivity index (χ1) is 20.3. The van der Waals surface area contributed by atoms with Gasteiger partial charge in [-0.25, -0.2) is 4.98 Å². The summed E-state index contributed by atoms with van der Waals surface area (Å²) in [6, 6.07) is 18.5. The molecule has 5 aromatic rings. The molecule has 2 aromatic heterocycles. The number of para-hydroxylation sites is 1. The predicted molar refractivity (Wildman–Crippen MR) is 165 cm³/mol. The van der Waals surface area contributed by atoms with Crippen molar-refractivity contribution in [2.45, 2.75) is 19.6 Å². The van der Waals surface area contributed by atoms with Crippen LogP contribution in [0.2, 0.25) is 10.0 Å². The van der Waals surface area contributed by atoms with Gasteiger partial charge in [-0.15, -0.1) is 0 Å². The second-order valence-electron chi connectivity index (χ2n) is 9.50. The van der Waals surface area contributed by atoms with Crippen molar-refractivity contribution in [2.75, 3.05) is 7.05 Å². The Hall–Kier alpha value is -4.50. The second kappa shape index (κ2) is 12.6. The number of halogens is 2. The summed E-state index contributed by atoms with van der Waals surface area (Å²) in [5.41, 5.74) is 11.6. The van der Waals surface area contributed by atoms with Crippen LogP contribution in [0.1, 0.15) is 38.9 Å². The van der Waals surface area contributed by atoms with Gasteiger partial charge in [0.15, 0.2) is 5.78 Å². The third-order valence-electron chi connectivity index (χ3n) is 6.70. The molecule has 5 rings (SSSR count). The highest BCUT2D eigenvalue weighted by atomic mass is 35.5. The standard InChI is InChI=1S/C32H27Cl2N5O3/c1-19-17-37-24-5-3-7-28(31(24)38-19)42-18-22-23(33)13-14-25(29(22)34)39-16-4-6-26(39)30(35)27(40)15-10-20-8-11-21(12-9-20)32(41)36-2/h3-17,30H,18,35H2,1-2H3,(H,36,41)/b15-10+. The molecule has 0 saturated carbocycles. The highest BCUT2D eigenvalue weighted by molar-refractivity contribution is 6.37. The number of nitrogens with zero attached hydrogens (tertiary/aromatic N) is 3. The molecule has 0 aliphatic rings. The Kier molecular flexibility index (Phi) is 8.68. The summed E-state index contributed by atoms with van der Waals surface area (Å²) >= 11 is 13.4. The van der Waals surface area contributed by atoms with E-state index in [0.717, 1.165) is 16.8 Å². The molecule has 1 atom stereocenters. The zero-order valence-electron chi connectivity index (χ0n) is 22.8. The van der Waals surface area contributed by atoms with Gasteiger partial charge in [-0.1, -0.05) is 47.5 Å². The number of aryl methyl sites for hydroxylation is 1. The predicted octanol–water partition coefficient (Wildman–Crippen LogP) is 6.26. The fraction of sp³-hybridized carbons (Fsp3) is 0.125. The number of hydrogen-bond donors (Lipinski definition) is 2. The van der Waals surface area contributed by atoms with Crippen molar-refractivity contribution in [1.29, 1.82) is 0 Å². The van der Waals surface area contributed by atoms with Gasteiger partial charge < -0.3 is 20.4 Å². The molecule has 0 bridgehead atoms. The van der Waals surface area contributed by atoms with Gasteiger partial charge in [-0.2, -0.15) is 0 Å². The normalized spacial score (nSPS) is 12.0. The smallest absolute Gasteiger partial charge is 0.251 e. The molecule has 0 spiro atoms. The van der Waals surface area contributed by atoms with E-state index in [1.165, 1.54) is 6.08 Å². The fourth-order valence-electron chi connectivity index (χ4n) is 4.45. The summed E-state index contributed by atoms with van der Waals surface area (Å²) in [5, 5.41) is 3.38. The summed E-state index contributed by atoms with van der Waals surface area (Å²) in [4.78, 5) is 33.8. The zero-order chi connectivity index (χ0) is 29.8. The van der Waals surface area contributed by atoms with E-state index in [2.05, 4.69) is 15.3 Å². The third kappa shape index (κ3) is 6.06. The number of amides is 1. The molecule has 212 valence electrons. The van der Waals surface area contributed by atoms with Crippen molar-refractivity contribution >= 4 is 52.0 Å². The van der Waals surface area contributed by atoms with Crippen LogP contribution >= 0.6 is 23.2 Å². The number of rotatable bonds is 9. The van der Waals surface area contributed by atoms with Crippen LogP contribution in [0.15, 0.2) is 85.2 Å². The highest BCUT2D eigenvalue weighted by Gasteiger charge is 2.21. The molecular weight excluding hydrogens is 573 g/mol. The number of ketones is 1. The second-order valence-corrected chi connectivity index (χ2v) is 10.3. The molecular formula is C32H27Cl2N5O3. The molecule has 0 aliphatic heterocycles. The number of fused-ring (bicyclic) bond motifs is 1. The van der Waals surface area contributed by atoms with Gasteiger partial charge in [-0.05, 0) is 67.1 Å². The van der Waals surface area contributed by atoms with Crippen LogP contribution in [-0.4, -0.2) is 33.3 Å². The van der Waals surface area contributed by atoms with Crippen LogP contribution in [0.25, 0.3) is 22.8 Å². The Bertz CT molecular complexity index is 1820. The lowest BCUT2D eigenvalue weighted by Crippen LogP contribution is -2.22. The minimum Gasteiger partial charge on any atom is -0.486 e. The van der Waals surface area contributed by atoms with E-state index in [4.69, 9.17) is 33.7 Å². The molecule has 0 aliphatic carbocycles. The first-order valence-corrected chi connectivity index (χ1v) is 13.8. The van der Waals surface area contributed by atoms with Crippen molar-refractivity contribution in [3.8, 4) is 11.4 Å². The van der Waals surface area contributed by atoms with Gasteiger partial charge in [-0.3, -0.25) is 14.6 Å². The minimum absolute atomic E-state index is 0.0866. The average molecular weight is 601 g/mol. The highest BCUT2D eigenvalue weighted by Crippen LogP contribution is 2.34. The molecule has 0 radical (unpaired) electrons. The first-order valence-electron chi connectivity index (χ1n) is 13.1. The number of benzene rings is 3. The Morgan fingerprint density at radius 3 is 2.62 bits per heavy atom. The van der Waals surface area contributed by atoms with Crippen molar-refractivity contribution in [3.05, 3.63) is 123 Å². The van der Waals surface area contributed by atoms with Crippen molar-refractivity contribution < 1.29 is 14.3 Å². The number of carbonyl (C=O) groups excluding carboxylic acids is 2. The van der Waals surface area contributed by atoms with E-state index in [9.17, 15) is 9.59 Å². The van der Waals surface area contributed by atoms with E-state index in [0.29, 0.717) is 43.8 Å². The van der Waals surface area contributed by atoms with Crippen LogP contribution in [0, 0.1) is 6.92 Å². The quantitative estimate of drug-likeness (QED) is 0.193. The molecule has 3 N–H and O–H groups in total. The number of carbonyl (C=O) groups is 2. The van der Waals surface area contributed by atoms with Gasteiger partial charge >= 0.3 is 0 Å². The van der Waals surface area contributed by atoms with Gasteiger partial charge in [0, 0.05) is 41.3 Å². The van der Waals surface area contributed by atoms with E-state index >= 15 is 0 Å². The van der Waals surface area contributed by atoms with E-state index in [1.54, 1.807) is 78.6 Å². The molecule has 42 heavy (non-hydrogen) atoms. The summed E-state index contributed by atoms with van der Waals surface area (Å²) in [5.74, 6) is 0.0785. The average Bonchev–Trinajstić information content (AvgIpc) is 3.49. The maximum atomic E-state index is 13.0. The molecule has 10 heteroatoms. The lowest BCUT2D eigenvalue weighted by molar-refractivity contribution is -0.115. The van der Waals surface area contributed by atoms with E-state index < -0.39 is 6.04 Å². The maximum Gasteiger partial charge on any atom is 0.251 e. The van der Waals surface area contributed by atoms with Gasteiger partial charge in [0.2, 0.25) is 0 Å². The summed E-state index contributed by atoms with van der Waals surface area (Å²) in [6.45, 7) is 1.95. The topological polar surface area (TPSA) is 112 Å². The van der Waals surface area contributed by atoms with Crippen LogP contribution < -0.4 is 15.8 Å². The minimum atomic E-state index is -0.953. The molecule has 1 amide bonds. The van der Waals surface area contributed by atoms with Gasteiger partial charge in [0.1, 0.15) is 23.9 Å². The number of nitrogens with one attached hydrogen (secondary N) is 1. The lowest BCUT2D eigenvalue weighted by atomic mass is 10.1. The molecule has 2 heterocycles. The Morgan fingerprint density at radius 1 is 1.07 bits per heavy atom. The fourth-order valence-corrected chi connectivity index (χ4v) is 5.02. The Labute approximate surface area is 252 Å². The zero-order valence-corrected chi connectivity index (χ0v) is 24.4. The molecule has 0 fully saturated rings. The van der Waals surface area contributed by atoms with Gasteiger partial charge in [0.05, 0.1) is 21.9 Å². The number of ether oxygens (including phenoxy) is 1. The maximum absolute atomic E-state index is 13.0. The third-order valence-corrected chi connectivity index (χ3v) is 7.47. The van der Waals surface area contributed by atoms with Crippen molar-refractivity contribution in [1.82, 2.24) is 19.9 Å². The van der Waals surface area contributed by atoms with Crippen molar-refractivity contribution in [3.63, 3.8) is 0 Å². The van der Waals surface area contributed by atoms with E-state index in [-0.39, 0.29) is 18.3 Å². The Morgan fingerprint density at radius 2 is 1.86 bits per heavy atom. The lowest BCUT2D eigenvalue weighted by Gasteiger charge is -2.18. The van der Waals surface area contributed by atoms with Gasteiger partial charge in [0.25, 0.3) is 5.91 Å². The monoisotopic (exact) mass is 599 g/mol. The number of aromatic nitrogens is 3. The Balaban J connectivity index is 1.37. The molecule has 3 aromatic carbocycles. The summed E-state index contributed by atoms with van der Waals surface area (Å²) in [6.07, 6.45) is 6.57. The van der Waals surface area contributed by atoms with Crippen LogP contribution in [-0.2, 0) is 11.4 Å². The number of nitrogens with two attached hydrogens (primary N) is 1. The largest absolute Gasteiger partial charge is 0.486 e. The summed E-state index contributed by atoms with van der Waals surface area (Å²) in [7, 11) is 1.57. The molecule has 0 saturated heterocycles. The van der Waals surface area contributed by atoms with E-state index in [1.807, 2.05) is 25.1 Å². The summed E-state index contributed by atoms with van der Waals surface area (Å²) < 4.78 is 7.89. The SMILES string of the molecule is CNC(=O)c1ccc(/C=C/C(=O)C(N)c2cccn2-c2ccc(Cl)c(COc3cccc4ncc(C)nc34)c2Cl)cc1.